The first-order valence-corrected chi connectivity index (χ1v) is 8.57. The fourth-order valence-corrected chi connectivity index (χ4v) is 2.74. The number of benzene rings is 2. The van der Waals surface area contributed by atoms with Gasteiger partial charge in [-0.05, 0) is 18.2 Å². The highest BCUT2D eigenvalue weighted by molar-refractivity contribution is 6.42. The summed E-state index contributed by atoms with van der Waals surface area (Å²) in [4.78, 5) is 12.2. The van der Waals surface area contributed by atoms with Crippen molar-refractivity contribution in [3.8, 4) is 17.6 Å². The Balaban J connectivity index is 2.22. The number of alkyl halides is 2. The van der Waals surface area contributed by atoms with Crippen molar-refractivity contribution in [2.75, 3.05) is 7.11 Å². The smallest absolute Gasteiger partial charge is 0.387 e. The van der Waals surface area contributed by atoms with Crippen molar-refractivity contribution in [2.45, 2.75) is 12.7 Å². The number of carbonyl (C=O) groups excluding carboxylic acids is 1. The maximum Gasteiger partial charge on any atom is 0.387 e. The van der Waals surface area contributed by atoms with Crippen LogP contribution in [-0.4, -0.2) is 19.6 Å². The number of hydrogen-bond acceptors (Lipinski definition) is 4. The highest BCUT2D eigenvalue weighted by Gasteiger charge is 2.18. The number of para-hydroxylation sites is 1. The average Bonchev–Trinajstić information content (AvgIpc) is 2.67. The van der Waals surface area contributed by atoms with E-state index in [0.29, 0.717) is 5.56 Å². The molecule has 1 amide bonds. The molecule has 5 nitrogen and oxygen atoms in total. The van der Waals surface area contributed by atoms with Gasteiger partial charge in [0.25, 0.3) is 0 Å². The number of amides is 1. The van der Waals surface area contributed by atoms with E-state index in [9.17, 15) is 18.8 Å². The number of hydrogen-bond donors (Lipinski definition) is 1. The van der Waals surface area contributed by atoms with Crippen LogP contribution in [0.5, 0.6) is 11.5 Å². The van der Waals surface area contributed by atoms with Crippen LogP contribution in [0, 0.1) is 11.3 Å². The molecule has 146 valence electrons. The van der Waals surface area contributed by atoms with Crippen LogP contribution >= 0.6 is 23.2 Å². The van der Waals surface area contributed by atoms with Gasteiger partial charge in [-0.3, -0.25) is 4.79 Å². The molecule has 1 atom stereocenters. The van der Waals surface area contributed by atoms with Gasteiger partial charge < -0.3 is 14.8 Å². The number of halogens is 4. The monoisotopic (exact) mass is 426 g/mol. The quantitative estimate of drug-likeness (QED) is 0.632. The van der Waals surface area contributed by atoms with Crippen LogP contribution in [0.4, 0.5) is 8.78 Å². The lowest BCUT2D eigenvalue weighted by Gasteiger charge is -2.13. The summed E-state index contributed by atoms with van der Waals surface area (Å²) in [7, 11) is 1.31. The molecular formula is C19H14Cl2F2N2O3. The number of ether oxygens (including phenoxy) is 2. The maximum atomic E-state index is 12.7. The number of rotatable bonds is 7. The Morgan fingerprint density at radius 2 is 1.96 bits per heavy atom. The number of carbonyl (C=O) groups is 1. The normalized spacial score (nSPS) is 11.9. The first kappa shape index (κ1) is 21.5. The van der Waals surface area contributed by atoms with Gasteiger partial charge in [0.1, 0.15) is 6.04 Å². The summed E-state index contributed by atoms with van der Waals surface area (Å²) >= 11 is 12.0. The third-order valence-corrected chi connectivity index (χ3v) is 4.39. The molecule has 28 heavy (non-hydrogen) atoms. The van der Waals surface area contributed by atoms with E-state index >= 15 is 0 Å². The number of nitriles is 1. The predicted molar refractivity (Wildman–Crippen MR) is 102 cm³/mol. The molecule has 0 aliphatic rings. The summed E-state index contributed by atoms with van der Waals surface area (Å²) in [5, 5.41) is 12.2. The van der Waals surface area contributed by atoms with Gasteiger partial charge in [-0.1, -0.05) is 47.5 Å². The van der Waals surface area contributed by atoms with Gasteiger partial charge in [-0.25, -0.2) is 0 Å². The van der Waals surface area contributed by atoms with Gasteiger partial charge in [0, 0.05) is 17.2 Å². The molecule has 0 aliphatic heterocycles. The van der Waals surface area contributed by atoms with Crippen LogP contribution in [0.25, 0.3) is 6.08 Å². The van der Waals surface area contributed by atoms with Crippen molar-refractivity contribution >= 4 is 35.2 Å². The van der Waals surface area contributed by atoms with E-state index < -0.39 is 18.6 Å². The highest BCUT2D eigenvalue weighted by atomic mass is 35.5. The Kier molecular flexibility index (Phi) is 7.61. The molecule has 0 spiro atoms. The summed E-state index contributed by atoms with van der Waals surface area (Å²) < 4.78 is 34.8. The maximum absolute atomic E-state index is 12.7. The minimum Gasteiger partial charge on any atom is -0.493 e. The Labute approximate surface area is 170 Å². The lowest BCUT2D eigenvalue weighted by molar-refractivity contribution is -0.116. The third-order valence-electron chi connectivity index (χ3n) is 3.56. The largest absolute Gasteiger partial charge is 0.493 e. The molecule has 2 rings (SSSR count). The van der Waals surface area contributed by atoms with E-state index in [1.165, 1.54) is 25.3 Å². The second kappa shape index (κ2) is 9.93. The Morgan fingerprint density at radius 3 is 2.61 bits per heavy atom. The number of methoxy groups -OCH3 is 1. The first-order valence-electron chi connectivity index (χ1n) is 7.81. The molecule has 0 heterocycles. The Hall–Kier alpha value is -2.82. The molecule has 0 radical (unpaired) electrons. The minimum absolute atomic E-state index is 0.0865. The zero-order chi connectivity index (χ0) is 20.7. The predicted octanol–water partition coefficient (Wildman–Crippen LogP) is 5.00. The molecule has 2 aromatic rings. The van der Waals surface area contributed by atoms with Gasteiger partial charge in [0.05, 0.1) is 23.2 Å². The second-order valence-corrected chi connectivity index (χ2v) is 6.09. The minimum atomic E-state index is -3.06. The van der Waals surface area contributed by atoms with Crippen molar-refractivity contribution in [3.05, 3.63) is 63.6 Å². The van der Waals surface area contributed by atoms with Crippen molar-refractivity contribution < 1.29 is 23.0 Å². The molecule has 1 N–H and O–H groups in total. The molecule has 0 bridgehead atoms. The topological polar surface area (TPSA) is 71.3 Å². The van der Waals surface area contributed by atoms with Crippen molar-refractivity contribution in [1.82, 2.24) is 5.32 Å². The summed E-state index contributed by atoms with van der Waals surface area (Å²) in [6, 6.07) is 10.0. The van der Waals surface area contributed by atoms with Crippen LogP contribution in [-0.2, 0) is 4.79 Å². The third kappa shape index (κ3) is 5.35. The van der Waals surface area contributed by atoms with E-state index in [-0.39, 0.29) is 27.1 Å². The SMILES string of the molecule is COc1cccc(/C=C/C(=O)NC(C#N)c2cccc(Cl)c2Cl)c1OC(F)F. The second-order valence-electron chi connectivity index (χ2n) is 5.30. The molecule has 0 saturated carbocycles. The fourth-order valence-electron chi connectivity index (χ4n) is 2.32. The molecule has 2 aromatic carbocycles. The number of nitrogens with one attached hydrogen (secondary N) is 1. The zero-order valence-electron chi connectivity index (χ0n) is 14.5. The van der Waals surface area contributed by atoms with E-state index in [1.54, 1.807) is 24.3 Å². The van der Waals surface area contributed by atoms with Gasteiger partial charge in [0.15, 0.2) is 11.5 Å². The first-order chi connectivity index (χ1) is 13.4. The lowest BCUT2D eigenvalue weighted by Crippen LogP contribution is -2.26. The van der Waals surface area contributed by atoms with E-state index in [2.05, 4.69) is 10.1 Å². The molecule has 0 aliphatic carbocycles. The van der Waals surface area contributed by atoms with Crippen LogP contribution in [0.1, 0.15) is 17.2 Å². The van der Waals surface area contributed by atoms with Gasteiger partial charge in [-0.15, -0.1) is 0 Å². The Bertz CT molecular complexity index is 930. The fraction of sp³-hybridized carbons (Fsp3) is 0.158. The van der Waals surface area contributed by atoms with E-state index in [0.717, 1.165) is 6.08 Å². The van der Waals surface area contributed by atoms with Crippen LogP contribution in [0.2, 0.25) is 10.0 Å². The van der Waals surface area contributed by atoms with E-state index in [4.69, 9.17) is 27.9 Å². The van der Waals surface area contributed by atoms with Crippen molar-refractivity contribution in [2.24, 2.45) is 0 Å². The molecule has 0 fully saturated rings. The van der Waals surface area contributed by atoms with Crippen molar-refractivity contribution in [3.63, 3.8) is 0 Å². The summed E-state index contributed by atoms with van der Waals surface area (Å²) in [5.74, 6) is -0.768. The summed E-state index contributed by atoms with van der Waals surface area (Å²) in [5.41, 5.74) is 0.533. The highest BCUT2D eigenvalue weighted by Crippen LogP contribution is 2.33. The van der Waals surface area contributed by atoms with Crippen molar-refractivity contribution in [1.29, 1.82) is 5.26 Å². The molecular weight excluding hydrogens is 413 g/mol. The van der Waals surface area contributed by atoms with Gasteiger partial charge in [0.2, 0.25) is 5.91 Å². The van der Waals surface area contributed by atoms with E-state index in [1.807, 2.05) is 6.07 Å². The van der Waals surface area contributed by atoms with Gasteiger partial charge >= 0.3 is 6.61 Å². The standard InChI is InChI=1S/C19H14Cl2F2N2O3/c1-27-15-7-2-4-11(18(15)28-19(22)23)8-9-16(26)25-14(10-24)12-5-3-6-13(20)17(12)21/h2-9,14,19H,1H3,(H,25,26)/b9-8+. The van der Waals surface area contributed by atoms with Crippen LogP contribution < -0.4 is 14.8 Å². The van der Waals surface area contributed by atoms with Crippen LogP contribution in [0.3, 0.4) is 0 Å². The van der Waals surface area contributed by atoms with Gasteiger partial charge in [-0.2, -0.15) is 14.0 Å². The molecule has 9 heteroatoms. The summed E-state index contributed by atoms with van der Waals surface area (Å²) in [6.45, 7) is -3.06. The lowest BCUT2D eigenvalue weighted by atomic mass is 10.1. The number of nitrogens with zero attached hydrogens (tertiary/aromatic N) is 1. The molecule has 0 saturated heterocycles. The summed E-state index contributed by atoms with van der Waals surface area (Å²) in [6.07, 6.45) is 2.35. The Morgan fingerprint density at radius 1 is 1.25 bits per heavy atom. The zero-order valence-corrected chi connectivity index (χ0v) is 16.0. The van der Waals surface area contributed by atoms with Crippen LogP contribution in [0.15, 0.2) is 42.5 Å². The molecule has 0 aromatic heterocycles. The average molecular weight is 427 g/mol. The molecule has 1 unspecified atom stereocenters.